The number of nitrogens with zero attached hydrogens (tertiary/aromatic N) is 2. The number of ether oxygens (including phenoxy) is 1. The van der Waals surface area contributed by atoms with Gasteiger partial charge in [0.2, 0.25) is 5.95 Å². The average Bonchev–Trinajstić information content (AvgIpc) is 2.40. The molecule has 0 saturated carbocycles. The molecule has 0 unspecified atom stereocenters. The van der Waals surface area contributed by atoms with Gasteiger partial charge in [0.05, 0.1) is 6.61 Å². The van der Waals surface area contributed by atoms with Gasteiger partial charge >= 0.3 is 5.97 Å². The molecule has 2 heterocycles. The summed E-state index contributed by atoms with van der Waals surface area (Å²) in [5.74, 6) is -1.35. The van der Waals surface area contributed by atoms with Crippen molar-refractivity contribution in [2.24, 2.45) is 0 Å². The number of carbonyl (C=O) groups is 1. The SMILES string of the molecule is CCOC(=O)c1nc(F)ccc1-c1ccncc1. The first kappa shape index (κ1) is 12.2. The van der Waals surface area contributed by atoms with E-state index < -0.39 is 11.9 Å². The van der Waals surface area contributed by atoms with E-state index in [0.717, 1.165) is 5.56 Å². The molecule has 0 radical (unpaired) electrons. The predicted molar refractivity (Wildman–Crippen MR) is 63.4 cm³/mol. The van der Waals surface area contributed by atoms with Crippen molar-refractivity contribution in [3.63, 3.8) is 0 Å². The summed E-state index contributed by atoms with van der Waals surface area (Å²) in [5, 5.41) is 0. The Morgan fingerprint density at radius 3 is 2.67 bits per heavy atom. The molecule has 92 valence electrons. The van der Waals surface area contributed by atoms with Gasteiger partial charge < -0.3 is 4.74 Å². The van der Waals surface area contributed by atoms with Crippen LogP contribution in [0.1, 0.15) is 17.4 Å². The fraction of sp³-hybridized carbons (Fsp3) is 0.154. The van der Waals surface area contributed by atoms with E-state index in [4.69, 9.17) is 4.74 Å². The Morgan fingerprint density at radius 2 is 2.00 bits per heavy atom. The van der Waals surface area contributed by atoms with Crippen molar-refractivity contribution in [2.75, 3.05) is 6.61 Å². The Bertz CT molecular complexity index is 558. The van der Waals surface area contributed by atoms with E-state index in [2.05, 4.69) is 9.97 Å². The minimum absolute atomic E-state index is 0.0250. The summed E-state index contributed by atoms with van der Waals surface area (Å²) in [6.07, 6.45) is 3.18. The Hall–Kier alpha value is -2.30. The van der Waals surface area contributed by atoms with E-state index in [9.17, 15) is 9.18 Å². The van der Waals surface area contributed by atoms with Crippen molar-refractivity contribution in [3.05, 3.63) is 48.3 Å². The quantitative estimate of drug-likeness (QED) is 0.616. The van der Waals surface area contributed by atoms with Crippen LogP contribution in [-0.2, 0) is 4.74 Å². The fourth-order valence-electron chi connectivity index (χ4n) is 1.55. The smallest absolute Gasteiger partial charge is 0.357 e. The molecule has 0 bridgehead atoms. The molecule has 0 spiro atoms. The Kier molecular flexibility index (Phi) is 3.62. The first-order chi connectivity index (χ1) is 8.72. The lowest BCUT2D eigenvalue weighted by molar-refractivity contribution is 0.0519. The van der Waals surface area contributed by atoms with Gasteiger partial charge in [-0.3, -0.25) is 4.98 Å². The number of esters is 1. The molecule has 0 N–H and O–H groups in total. The summed E-state index contributed by atoms with van der Waals surface area (Å²) in [6.45, 7) is 1.90. The third-order valence-corrected chi connectivity index (χ3v) is 2.32. The Balaban J connectivity index is 2.51. The molecule has 4 nitrogen and oxygen atoms in total. The van der Waals surface area contributed by atoms with Crippen molar-refractivity contribution < 1.29 is 13.9 Å². The number of halogens is 1. The predicted octanol–water partition coefficient (Wildman–Crippen LogP) is 2.46. The van der Waals surface area contributed by atoms with Crippen molar-refractivity contribution in [1.82, 2.24) is 9.97 Å². The molecule has 0 aromatic carbocycles. The average molecular weight is 246 g/mol. The van der Waals surface area contributed by atoms with Gasteiger partial charge in [0, 0.05) is 18.0 Å². The van der Waals surface area contributed by atoms with Crippen LogP contribution in [0.5, 0.6) is 0 Å². The van der Waals surface area contributed by atoms with Crippen molar-refractivity contribution in [1.29, 1.82) is 0 Å². The largest absolute Gasteiger partial charge is 0.461 e. The van der Waals surface area contributed by atoms with Crippen LogP contribution in [0.3, 0.4) is 0 Å². The summed E-state index contributed by atoms with van der Waals surface area (Å²) >= 11 is 0. The monoisotopic (exact) mass is 246 g/mol. The van der Waals surface area contributed by atoms with Gasteiger partial charge in [-0.2, -0.15) is 4.39 Å². The zero-order chi connectivity index (χ0) is 13.0. The number of aromatic nitrogens is 2. The first-order valence-corrected chi connectivity index (χ1v) is 5.46. The molecule has 2 aromatic heterocycles. The summed E-state index contributed by atoms with van der Waals surface area (Å²) in [5.41, 5.74) is 1.24. The highest BCUT2D eigenvalue weighted by atomic mass is 19.1. The lowest BCUT2D eigenvalue weighted by Crippen LogP contribution is -2.10. The highest BCUT2D eigenvalue weighted by Gasteiger charge is 2.16. The van der Waals surface area contributed by atoms with E-state index in [-0.39, 0.29) is 12.3 Å². The molecular weight excluding hydrogens is 235 g/mol. The number of carbonyl (C=O) groups excluding carboxylic acids is 1. The molecular formula is C13H11FN2O2. The van der Waals surface area contributed by atoms with Gasteiger partial charge in [0.25, 0.3) is 0 Å². The van der Waals surface area contributed by atoms with E-state index >= 15 is 0 Å². The minimum Gasteiger partial charge on any atom is -0.461 e. The Labute approximate surface area is 103 Å². The van der Waals surface area contributed by atoms with E-state index in [1.165, 1.54) is 12.1 Å². The van der Waals surface area contributed by atoms with E-state index in [1.807, 2.05) is 0 Å². The van der Waals surface area contributed by atoms with Gasteiger partial charge in [0.1, 0.15) is 0 Å². The van der Waals surface area contributed by atoms with Gasteiger partial charge in [-0.15, -0.1) is 0 Å². The summed E-state index contributed by atoms with van der Waals surface area (Å²) in [6, 6.07) is 6.15. The highest BCUT2D eigenvalue weighted by molar-refractivity contribution is 5.95. The van der Waals surface area contributed by atoms with Gasteiger partial charge in [0.15, 0.2) is 5.69 Å². The zero-order valence-corrected chi connectivity index (χ0v) is 9.76. The number of pyridine rings is 2. The standard InChI is InChI=1S/C13H11FN2O2/c1-2-18-13(17)12-10(3-4-11(14)16-12)9-5-7-15-8-6-9/h3-8H,2H2,1H3. The maximum Gasteiger partial charge on any atom is 0.357 e. The van der Waals surface area contributed by atoms with Crippen LogP contribution in [0, 0.1) is 5.95 Å². The van der Waals surface area contributed by atoms with Crippen LogP contribution in [0.15, 0.2) is 36.7 Å². The first-order valence-electron chi connectivity index (χ1n) is 5.46. The molecule has 2 rings (SSSR count). The van der Waals surface area contributed by atoms with Crippen molar-refractivity contribution >= 4 is 5.97 Å². The van der Waals surface area contributed by atoms with Gasteiger partial charge in [-0.25, -0.2) is 9.78 Å². The van der Waals surface area contributed by atoms with Crippen LogP contribution < -0.4 is 0 Å². The molecule has 0 amide bonds. The zero-order valence-electron chi connectivity index (χ0n) is 9.76. The number of rotatable bonds is 3. The van der Waals surface area contributed by atoms with Crippen LogP contribution >= 0.6 is 0 Å². The molecule has 5 heteroatoms. The second kappa shape index (κ2) is 5.35. The lowest BCUT2D eigenvalue weighted by atomic mass is 10.1. The van der Waals surface area contributed by atoms with E-state index in [1.54, 1.807) is 31.5 Å². The maximum atomic E-state index is 13.1. The third-order valence-electron chi connectivity index (χ3n) is 2.32. The van der Waals surface area contributed by atoms with Crippen LogP contribution in [-0.4, -0.2) is 22.5 Å². The second-order valence-corrected chi connectivity index (χ2v) is 3.49. The van der Waals surface area contributed by atoms with Crippen LogP contribution in [0.2, 0.25) is 0 Å². The minimum atomic E-state index is -0.712. The Morgan fingerprint density at radius 1 is 1.28 bits per heavy atom. The topological polar surface area (TPSA) is 52.1 Å². The number of hydrogen-bond donors (Lipinski definition) is 0. The van der Waals surface area contributed by atoms with Crippen LogP contribution in [0.25, 0.3) is 11.1 Å². The number of hydrogen-bond acceptors (Lipinski definition) is 4. The molecule has 0 fully saturated rings. The molecule has 0 aliphatic rings. The summed E-state index contributed by atoms with van der Waals surface area (Å²) in [7, 11) is 0. The molecule has 18 heavy (non-hydrogen) atoms. The third kappa shape index (κ3) is 2.51. The lowest BCUT2D eigenvalue weighted by Gasteiger charge is -2.07. The van der Waals surface area contributed by atoms with Gasteiger partial charge in [-0.05, 0) is 36.8 Å². The van der Waals surface area contributed by atoms with Crippen molar-refractivity contribution in [3.8, 4) is 11.1 Å². The fourth-order valence-corrected chi connectivity index (χ4v) is 1.55. The molecule has 0 aliphatic heterocycles. The molecule has 0 atom stereocenters. The highest BCUT2D eigenvalue weighted by Crippen LogP contribution is 2.22. The molecule has 0 saturated heterocycles. The normalized spacial score (nSPS) is 10.1. The molecule has 2 aromatic rings. The van der Waals surface area contributed by atoms with Crippen molar-refractivity contribution in [2.45, 2.75) is 6.92 Å². The molecule has 0 aliphatic carbocycles. The summed E-state index contributed by atoms with van der Waals surface area (Å²) < 4.78 is 18.0. The maximum absolute atomic E-state index is 13.1. The van der Waals surface area contributed by atoms with Gasteiger partial charge in [-0.1, -0.05) is 0 Å². The summed E-state index contributed by atoms with van der Waals surface area (Å²) in [4.78, 5) is 19.2. The second-order valence-electron chi connectivity index (χ2n) is 3.49. The van der Waals surface area contributed by atoms with Crippen LogP contribution in [0.4, 0.5) is 4.39 Å². The van der Waals surface area contributed by atoms with E-state index in [0.29, 0.717) is 5.56 Å².